The number of thiazole rings is 1. The summed E-state index contributed by atoms with van der Waals surface area (Å²) in [4.78, 5) is 26.1. The van der Waals surface area contributed by atoms with Crippen molar-refractivity contribution in [3.8, 4) is 0 Å². The molecule has 0 spiro atoms. The third-order valence-electron chi connectivity index (χ3n) is 2.84. The maximum Gasteiger partial charge on any atom is 0.433 e. The topological polar surface area (TPSA) is 98.3 Å². The van der Waals surface area contributed by atoms with E-state index in [-0.39, 0.29) is 5.76 Å². The Hall–Kier alpha value is -2.74. The average molecular weight is 303 g/mol. The maximum absolute atomic E-state index is 12.0. The van der Waals surface area contributed by atoms with Crippen molar-refractivity contribution < 1.29 is 14.1 Å². The van der Waals surface area contributed by atoms with Crippen LogP contribution in [0.3, 0.4) is 0 Å². The number of anilines is 1. The van der Waals surface area contributed by atoms with Crippen molar-refractivity contribution in [1.82, 2.24) is 4.98 Å². The third kappa shape index (κ3) is 2.48. The van der Waals surface area contributed by atoms with Gasteiger partial charge in [-0.3, -0.25) is 20.2 Å². The Kier molecular flexibility index (Phi) is 3.15. The summed E-state index contributed by atoms with van der Waals surface area (Å²) in [6, 6.07) is 8.15. The van der Waals surface area contributed by atoms with E-state index in [1.165, 1.54) is 17.4 Å². The van der Waals surface area contributed by atoms with Gasteiger partial charge in [-0.15, -0.1) is 0 Å². The summed E-state index contributed by atoms with van der Waals surface area (Å²) in [6.45, 7) is 1.93. The van der Waals surface area contributed by atoms with E-state index < -0.39 is 16.7 Å². The Bertz CT molecular complexity index is 852. The molecule has 106 valence electrons. The predicted molar refractivity (Wildman–Crippen MR) is 77.7 cm³/mol. The van der Waals surface area contributed by atoms with E-state index in [0.717, 1.165) is 21.8 Å². The van der Waals surface area contributed by atoms with Gasteiger partial charge in [0.25, 0.3) is 5.91 Å². The molecular formula is C13H9N3O4S. The van der Waals surface area contributed by atoms with E-state index in [4.69, 9.17) is 4.42 Å². The van der Waals surface area contributed by atoms with E-state index in [9.17, 15) is 14.9 Å². The molecule has 0 bridgehead atoms. The van der Waals surface area contributed by atoms with Gasteiger partial charge in [-0.2, -0.15) is 0 Å². The highest BCUT2D eigenvalue weighted by molar-refractivity contribution is 7.22. The van der Waals surface area contributed by atoms with Crippen molar-refractivity contribution in [1.29, 1.82) is 0 Å². The highest BCUT2D eigenvalue weighted by Crippen LogP contribution is 2.28. The number of aromatic nitrogens is 1. The number of carbonyl (C=O) groups is 1. The third-order valence-corrected chi connectivity index (χ3v) is 3.77. The number of amides is 1. The van der Waals surface area contributed by atoms with Crippen LogP contribution in [0.5, 0.6) is 0 Å². The van der Waals surface area contributed by atoms with Crippen molar-refractivity contribution in [2.75, 3.05) is 5.32 Å². The lowest BCUT2D eigenvalue weighted by Crippen LogP contribution is -2.10. The van der Waals surface area contributed by atoms with Gasteiger partial charge in [0.2, 0.25) is 0 Å². The number of nitrogens with one attached hydrogen (secondary N) is 1. The number of furan rings is 1. The normalized spacial score (nSPS) is 10.7. The monoisotopic (exact) mass is 303 g/mol. The quantitative estimate of drug-likeness (QED) is 0.591. The number of para-hydroxylation sites is 1. The van der Waals surface area contributed by atoms with Crippen molar-refractivity contribution in [2.24, 2.45) is 0 Å². The zero-order chi connectivity index (χ0) is 15.0. The number of carbonyl (C=O) groups excluding carboxylic acids is 1. The number of fused-ring (bicyclic) bond motifs is 1. The van der Waals surface area contributed by atoms with E-state index in [1.807, 2.05) is 25.1 Å². The van der Waals surface area contributed by atoms with Crippen LogP contribution in [0.1, 0.15) is 16.1 Å². The van der Waals surface area contributed by atoms with E-state index in [2.05, 4.69) is 10.3 Å². The summed E-state index contributed by atoms with van der Waals surface area (Å²) in [6.07, 6.45) is 0. The molecule has 1 N–H and O–H groups in total. The summed E-state index contributed by atoms with van der Waals surface area (Å²) in [7, 11) is 0. The fourth-order valence-corrected chi connectivity index (χ4v) is 2.79. The smallest absolute Gasteiger partial charge is 0.395 e. The molecule has 0 saturated carbocycles. The Morgan fingerprint density at radius 1 is 1.38 bits per heavy atom. The fraction of sp³-hybridized carbons (Fsp3) is 0.0769. The fourth-order valence-electron chi connectivity index (χ4n) is 1.85. The first-order valence-electron chi connectivity index (χ1n) is 5.96. The van der Waals surface area contributed by atoms with Crippen molar-refractivity contribution in [3.05, 3.63) is 51.8 Å². The number of aryl methyl sites for hydroxylation is 1. The molecule has 0 radical (unpaired) electrons. The molecule has 0 aliphatic rings. The minimum absolute atomic E-state index is 0.127. The molecule has 0 aliphatic carbocycles. The second-order valence-electron chi connectivity index (χ2n) is 4.29. The SMILES string of the molecule is Cc1cccc2sc(NC(=O)c3ccc([N+](=O)[O-])o3)nc12. The minimum atomic E-state index is -0.697. The minimum Gasteiger partial charge on any atom is -0.395 e. The van der Waals surface area contributed by atoms with Gasteiger partial charge < -0.3 is 4.42 Å². The van der Waals surface area contributed by atoms with Crippen LogP contribution in [0.25, 0.3) is 10.2 Å². The van der Waals surface area contributed by atoms with E-state index >= 15 is 0 Å². The number of benzene rings is 1. The molecule has 3 rings (SSSR count). The molecule has 0 unspecified atom stereocenters. The molecule has 7 nitrogen and oxygen atoms in total. The predicted octanol–water partition coefficient (Wildman–Crippen LogP) is 3.36. The summed E-state index contributed by atoms with van der Waals surface area (Å²) in [5.41, 5.74) is 1.83. The van der Waals surface area contributed by atoms with E-state index in [1.54, 1.807) is 0 Å². The van der Waals surface area contributed by atoms with Crippen LogP contribution in [-0.2, 0) is 0 Å². The van der Waals surface area contributed by atoms with Gasteiger partial charge >= 0.3 is 5.88 Å². The Morgan fingerprint density at radius 2 is 2.19 bits per heavy atom. The highest BCUT2D eigenvalue weighted by Gasteiger charge is 2.18. The van der Waals surface area contributed by atoms with E-state index in [0.29, 0.717) is 5.13 Å². The van der Waals surface area contributed by atoms with Crippen molar-refractivity contribution >= 4 is 38.5 Å². The Morgan fingerprint density at radius 3 is 2.86 bits per heavy atom. The maximum atomic E-state index is 12.0. The van der Waals surface area contributed by atoms with Gasteiger partial charge in [-0.05, 0) is 24.6 Å². The molecule has 0 saturated heterocycles. The summed E-state index contributed by atoms with van der Waals surface area (Å²) in [5.74, 6) is -1.17. The first-order chi connectivity index (χ1) is 10.0. The highest BCUT2D eigenvalue weighted by atomic mass is 32.1. The van der Waals surface area contributed by atoms with Crippen LogP contribution in [0.2, 0.25) is 0 Å². The number of hydrogen-bond donors (Lipinski definition) is 1. The molecule has 1 amide bonds. The van der Waals surface area contributed by atoms with Gasteiger partial charge in [-0.25, -0.2) is 4.98 Å². The van der Waals surface area contributed by atoms with Crippen LogP contribution in [0, 0.1) is 17.0 Å². The first kappa shape index (κ1) is 13.3. The molecule has 3 aromatic rings. The van der Waals surface area contributed by atoms with Gasteiger partial charge in [0.1, 0.15) is 4.92 Å². The number of nitro groups is 1. The molecule has 1 aromatic carbocycles. The molecule has 0 fully saturated rings. The number of nitrogens with zero attached hydrogens (tertiary/aromatic N) is 2. The van der Waals surface area contributed by atoms with Gasteiger partial charge in [0.05, 0.1) is 16.3 Å². The van der Waals surface area contributed by atoms with Gasteiger partial charge in [-0.1, -0.05) is 23.5 Å². The lowest BCUT2D eigenvalue weighted by atomic mass is 10.2. The standard InChI is InChI=1S/C13H9N3O4S/c1-7-3-2-4-9-11(7)14-13(21-9)15-12(17)8-5-6-10(20-8)16(18)19/h2-6H,1H3,(H,14,15,17). The zero-order valence-corrected chi connectivity index (χ0v) is 11.6. The zero-order valence-electron chi connectivity index (χ0n) is 10.8. The van der Waals surface area contributed by atoms with Gasteiger partial charge in [0.15, 0.2) is 10.9 Å². The molecule has 8 heteroatoms. The Balaban J connectivity index is 1.85. The van der Waals surface area contributed by atoms with Crippen LogP contribution < -0.4 is 5.32 Å². The molecule has 0 aliphatic heterocycles. The van der Waals surface area contributed by atoms with Crippen LogP contribution in [0.15, 0.2) is 34.7 Å². The molecule has 2 heterocycles. The largest absolute Gasteiger partial charge is 0.433 e. The Labute approximate surface area is 122 Å². The molecule has 21 heavy (non-hydrogen) atoms. The summed E-state index contributed by atoms with van der Waals surface area (Å²) < 4.78 is 5.80. The average Bonchev–Trinajstić information content (AvgIpc) is 3.05. The summed E-state index contributed by atoms with van der Waals surface area (Å²) >= 11 is 1.33. The molecule has 0 atom stereocenters. The van der Waals surface area contributed by atoms with Crippen LogP contribution in [-0.4, -0.2) is 15.8 Å². The molecular weight excluding hydrogens is 294 g/mol. The van der Waals surface area contributed by atoms with Gasteiger partial charge in [0, 0.05) is 0 Å². The lowest BCUT2D eigenvalue weighted by Gasteiger charge is -1.96. The molecule has 2 aromatic heterocycles. The first-order valence-corrected chi connectivity index (χ1v) is 6.78. The number of rotatable bonds is 3. The summed E-state index contributed by atoms with van der Waals surface area (Å²) in [5, 5.41) is 13.5. The second-order valence-corrected chi connectivity index (χ2v) is 5.32. The van der Waals surface area contributed by atoms with Crippen molar-refractivity contribution in [3.63, 3.8) is 0 Å². The van der Waals surface area contributed by atoms with Crippen molar-refractivity contribution in [2.45, 2.75) is 6.92 Å². The lowest BCUT2D eigenvalue weighted by molar-refractivity contribution is -0.402. The number of hydrogen-bond acceptors (Lipinski definition) is 6. The van der Waals surface area contributed by atoms with Crippen LogP contribution >= 0.6 is 11.3 Å². The second kappa shape index (κ2) is 4.98. The van der Waals surface area contributed by atoms with Crippen LogP contribution in [0.4, 0.5) is 11.0 Å².